The van der Waals surface area contributed by atoms with Gasteiger partial charge < -0.3 is 10.5 Å². The van der Waals surface area contributed by atoms with Crippen molar-refractivity contribution in [2.75, 3.05) is 12.3 Å². The highest BCUT2D eigenvalue weighted by molar-refractivity contribution is 5.81. The molecule has 0 fully saturated rings. The van der Waals surface area contributed by atoms with Crippen molar-refractivity contribution in [3.63, 3.8) is 0 Å². The largest absolute Gasteiger partial charge is 0.379 e. The van der Waals surface area contributed by atoms with E-state index < -0.39 is 0 Å². The molecule has 0 unspecified atom stereocenters. The number of nitrogens with zero attached hydrogens (tertiary/aromatic N) is 2. The molecule has 4 nitrogen and oxygen atoms in total. The molecule has 18 heavy (non-hydrogen) atoms. The first kappa shape index (κ1) is 12.8. The Morgan fingerprint density at radius 1 is 1.22 bits per heavy atom. The molecule has 1 aromatic carbocycles. The molecular formula is C14H19N3O. The third-order valence-corrected chi connectivity index (χ3v) is 2.71. The number of hydrogen-bond donors (Lipinski definition) is 1. The number of rotatable bonds is 5. The van der Waals surface area contributed by atoms with Crippen molar-refractivity contribution in [2.24, 2.45) is 0 Å². The SMILES string of the molecule is CC(C)OCCCc1nc(N)nc2ccccc12. The van der Waals surface area contributed by atoms with Crippen molar-refractivity contribution < 1.29 is 4.74 Å². The number of ether oxygens (including phenoxy) is 1. The van der Waals surface area contributed by atoms with Gasteiger partial charge in [-0.25, -0.2) is 9.97 Å². The van der Waals surface area contributed by atoms with Crippen molar-refractivity contribution in [1.29, 1.82) is 0 Å². The highest BCUT2D eigenvalue weighted by Crippen LogP contribution is 2.17. The van der Waals surface area contributed by atoms with Crippen LogP contribution in [0.25, 0.3) is 10.9 Å². The molecule has 1 heterocycles. The summed E-state index contributed by atoms with van der Waals surface area (Å²) in [4.78, 5) is 8.56. The fraction of sp³-hybridized carbons (Fsp3) is 0.429. The minimum absolute atomic E-state index is 0.275. The van der Waals surface area contributed by atoms with Gasteiger partial charge >= 0.3 is 0 Å². The minimum Gasteiger partial charge on any atom is -0.379 e. The van der Waals surface area contributed by atoms with Crippen LogP contribution in [-0.4, -0.2) is 22.7 Å². The van der Waals surface area contributed by atoms with Gasteiger partial charge in [-0.15, -0.1) is 0 Å². The number of aromatic nitrogens is 2. The van der Waals surface area contributed by atoms with Crippen molar-refractivity contribution in [3.8, 4) is 0 Å². The first-order valence-corrected chi connectivity index (χ1v) is 6.29. The van der Waals surface area contributed by atoms with Crippen LogP contribution in [0.15, 0.2) is 24.3 Å². The molecule has 0 bridgehead atoms. The number of fused-ring (bicyclic) bond motifs is 1. The topological polar surface area (TPSA) is 61.0 Å². The maximum absolute atomic E-state index is 5.72. The fourth-order valence-corrected chi connectivity index (χ4v) is 1.91. The lowest BCUT2D eigenvalue weighted by Gasteiger charge is -2.08. The molecule has 0 amide bonds. The summed E-state index contributed by atoms with van der Waals surface area (Å²) < 4.78 is 5.53. The van der Waals surface area contributed by atoms with Crippen molar-refractivity contribution in [1.82, 2.24) is 9.97 Å². The van der Waals surface area contributed by atoms with Gasteiger partial charge in [0, 0.05) is 12.0 Å². The van der Waals surface area contributed by atoms with E-state index in [1.54, 1.807) is 0 Å². The normalized spacial score (nSPS) is 11.3. The van der Waals surface area contributed by atoms with E-state index in [1.807, 2.05) is 38.1 Å². The Hall–Kier alpha value is -1.68. The van der Waals surface area contributed by atoms with E-state index in [1.165, 1.54) is 0 Å². The van der Waals surface area contributed by atoms with Crippen LogP contribution in [0, 0.1) is 0 Å². The van der Waals surface area contributed by atoms with Gasteiger partial charge in [0.2, 0.25) is 5.95 Å². The van der Waals surface area contributed by atoms with Gasteiger partial charge in [0.05, 0.1) is 17.3 Å². The predicted molar refractivity (Wildman–Crippen MR) is 73.4 cm³/mol. The van der Waals surface area contributed by atoms with E-state index in [0.29, 0.717) is 5.95 Å². The Morgan fingerprint density at radius 2 is 2.00 bits per heavy atom. The van der Waals surface area contributed by atoms with Crippen LogP contribution in [0.5, 0.6) is 0 Å². The van der Waals surface area contributed by atoms with Gasteiger partial charge in [0.25, 0.3) is 0 Å². The highest BCUT2D eigenvalue weighted by atomic mass is 16.5. The molecule has 1 aromatic heterocycles. The number of benzene rings is 1. The Bertz CT molecular complexity index is 525. The predicted octanol–water partition coefficient (Wildman–Crippen LogP) is 2.57. The average molecular weight is 245 g/mol. The molecule has 0 aliphatic carbocycles. The number of nitrogens with two attached hydrogens (primary N) is 1. The Balaban J connectivity index is 2.12. The number of nitrogen functional groups attached to an aromatic ring is 1. The Morgan fingerprint density at radius 3 is 2.78 bits per heavy atom. The summed E-state index contributed by atoms with van der Waals surface area (Å²) in [5, 5.41) is 1.08. The smallest absolute Gasteiger partial charge is 0.220 e. The van der Waals surface area contributed by atoms with Gasteiger partial charge in [-0.05, 0) is 32.8 Å². The number of anilines is 1. The number of aryl methyl sites for hydroxylation is 1. The molecule has 0 saturated heterocycles. The third-order valence-electron chi connectivity index (χ3n) is 2.71. The molecule has 0 spiro atoms. The second-order valence-corrected chi connectivity index (χ2v) is 4.57. The van der Waals surface area contributed by atoms with Crippen molar-refractivity contribution >= 4 is 16.9 Å². The second-order valence-electron chi connectivity index (χ2n) is 4.57. The van der Waals surface area contributed by atoms with Crippen LogP contribution < -0.4 is 5.73 Å². The van der Waals surface area contributed by atoms with Gasteiger partial charge in [-0.2, -0.15) is 0 Å². The Kier molecular flexibility index (Phi) is 4.10. The van der Waals surface area contributed by atoms with Crippen LogP contribution in [0.2, 0.25) is 0 Å². The van der Waals surface area contributed by atoms with E-state index in [2.05, 4.69) is 9.97 Å². The van der Waals surface area contributed by atoms with E-state index in [9.17, 15) is 0 Å². The molecular weight excluding hydrogens is 226 g/mol. The lowest BCUT2D eigenvalue weighted by molar-refractivity contribution is 0.0771. The molecule has 0 aliphatic rings. The van der Waals surface area contributed by atoms with E-state index >= 15 is 0 Å². The van der Waals surface area contributed by atoms with Crippen LogP contribution in [0.4, 0.5) is 5.95 Å². The van der Waals surface area contributed by atoms with Gasteiger partial charge in [0.15, 0.2) is 0 Å². The molecule has 0 atom stereocenters. The molecule has 96 valence electrons. The van der Waals surface area contributed by atoms with Gasteiger partial charge in [0.1, 0.15) is 0 Å². The molecule has 0 aliphatic heterocycles. The quantitative estimate of drug-likeness (QED) is 0.822. The second kappa shape index (κ2) is 5.78. The van der Waals surface area contributed by atoms with Gasteiger partial charge in [-0.1, -0.05) is 18.2 Å². The maximum atomic E-state index is 5.72. The summed E-state index contributed by atoms with van der Waals surface area (Å²) >= 11 is 0. The molecule has 0 radical (unpaired) electrons. The zero-order chi connectivity index (χ0) is 13.0. The first-order valence-electron chi connectivity index (χ1n) is 6.29. The summed E-state index contributed by atoms with van der Waals surface area (Å²) in [6.07, 6.45) is 2.08. The van der Waals surface area contributed by atoms with Crippen molar-refractivity contribution in [3.05, 3.63) is 30.0 Å². The van der Waals surface area contributed by atoms with Crippen LogP contribution in [0.1, 0.15) is 26.0 Å². The molecule has 0 saturated carbocycles. The highest BCUT2D eigenvalue weighted by Gasteiger charge is 2.05. The fourth-order valence-electron chi connectivity index (χ4n) is 1.91. The number of hydrogen-bond acceptors (Lipinski definition) is 4. The Labute approximate surface area is 107 Å². The average Bonchev–Trinajstić information content (AvgIpc) is 2.34. The van der Waals surface area contributed by atoms with E-state index in [4.69, 9.17) is 10.5 Å². The lowest BCUT2D eigenvalue weighted by atomic mass is 10.1. The van der Waals surface area contributed by atoms with E-state index in [-0.39, 0.29) is 6.10 Å². The molecule has 2 rings (SSSR count). The number of para-hydroxylation sites is 1. The lowest BCUT2D eigenvalue weighted by Crippen LogP contribution is -2.06. The summed E-state index contributed by atoms with van der Waals surface area (Å²) in [5.74, 6) is 0.341. The van der Waals surface area contributed by atoms with Crippen LogP contribution in [0.3, 0.4) is 0 Å². The van der Waals surface area contributed by atoms with Crippen LogP contribution in [-0.2, 0) is 11.2 Å². The van der Waals surface area contributed by atoms with Crippen LogP contribution >= 0.6 is 0 Å². The molecule has 2 N–H and O–H groups in total. The zero-order valence-electron chi connectivity index (χ0n) is 10.9. The standard InChI is InChI=1S/C14H19N3O/c1-10(2)18-9-5-8-13-11-6-3-4-7-12(11)16-14(15)17-13/h3-4,6-7,10H,5,8-9H2,1-2H3,(H2,15,16,17). The monoisotopic (exact) mass is 245 g/mol. The molecule has 2 aromatic rings. The molecule has 4 heteroatoms. The summed E-state index contributed by atoms with van der Waals surface area (Å²) in [6, 6.07) is 7.95. The van der Waals surface area contributed by atoms with Crippen molar-refractivity contribution in [2.45, 2.75) is 32.8 Å². The summed E-state index contributed by atoms with van der Waals surface area (Å²) in [5.41, 5.74) is 7.64. The zero-order valence-corrected chi connectivity index (χ0v) is 10.9. The summed E-state index contributed by atoms with van der Waals surface area (Å²) in [7, 11) is 0. The minimum atomic E-state index is 0.275. The first-order chi connectivity index (χ1) is 8.66. The maximum Gasteiger partial charge on any atom is 0.220 e. The summed E-state index contributed by atoms with van der Waals surface area (Å²) in [6.45, 7) is 4.83. The third kappa shape index (κ3) is 3.17. The van der Waals surface area contributed by atoms with Gasteiger partial charge in [-0.3, -0.25) is 0 Å². The van der Waals surface area contributed by atoms with E-state index in [0.717, 1.165) is 36.0 Å².